The number of carbonyl (C=O) groups excluding carboxylic acids is 1. The van der Waals surface area contributed by atoms with Crippen LogP contribution >= 0.6 is 11.6 Å². The number of nitrogens with zero attached hydrogens (tertiary/aromatic N) is 1. The highest BCUT2D eigenvalue weighted by atomic mass is 35.5. The molecule has 8 heteroatoms. The maximum atomic E-state index is 12.4. The van der Waals surface area contributed by atoms with Crippen molar-refractivity contribution < 1.29 is 13.2 Å². The van der Waals surface area contributed by atoms with Crippen molar-refractivity contribution in [2.24, 2.45) is 7.05 Å². The van der Waals surface area contributed by atoms with Gasteiger partial charge < -0.3 is 5.10 Å². The van der Waals surface area contributed by atoms with E-state index in [0.717, 1.165) is 6.26 Å². The number of aromatic amines is 1. The lowest BCUT2D eigenvalue weighted by atomic mass is 10.0. The summed E-state index contributed by atoms with van der Waals surface area (Å²) >= 11 is 6.04. The average molecular weight is 329 g/mol. The molecule has 0 aliphatic rings. The van der Waals surface area contributed by atoms with Crippen LogP contribution in [0.2, 0.25) is 5.02 Å². The number of rotatable bonds is 3. The van der Waals surface area contributed by atoms with E-state index in [9.17, 15) is 18.0 Å². The van der Waals surface area contributed by atoms with Crippen LogP contribution < -0.4 is 5.56 Å². The third kappa shape index (κ3) is 2.66. The lowest BCUT2D eigenvalue weighted by Gasteiger charge is -2.09. The molecule has 6 nitrogen and oxygen atoms in total. The van der Waals surface area contributed by atoms with Crippen LogP contribution in [0.5, 0.6) is 0 Å². The molecule has 112 valence electrons. The zero-order valence-electron chi connectivity index (χ0n) is 11.6. The molecule has 2 rings (SSSR count). The van der Waals surface area contributed by atoms with E-state index in [1.807, 2.05) is 0 Å². The second-order valence-electron chi connectivity index (χ2n) is 4.70. The van der Waals surface area contributed by atoms with Crippen molar-refractivity contribution in [2.75, 3.05) is 6.26 Å². The monoisotopic (exact) mass is 328 g/mol. The van der Waals surface area contributed by atoms with E-state index < -0.39 is 21.2 Å². The Kier molecular flexibility index (Phi) is 3.81. The lowest BCUT2D eigenvalue weighted by Crippen LogP contribution is -2.20. The Balaban J connectivity index is 2.62. The fourth-order valence-electron chi connectivity index (χ4n) is 1.96. The van der Waals surface area contributed by atoms with E-state index >= 15 is 0 Å². The van der Waals surface area contributed by atoms with Gasteiger partial charge in [-0.2, -0.15) is 0 Å². The largest absolute Gasteiger partial charge is 0.302 e. The molecule has 0 amide bonds. The number of hydrogen-bond acceptors (Lipinski definition) is 4. The lowest BCUT2D eigenvalue weighted by molar-refractivity contribution is 0.103. The van der Waals surface area contributed by atoms with Crippen LogP contribution in [0.25, 0.3) is 0 Å². The van der Waals surface area contributed by atoms with Gasteiger partial charge >= 0.3 is 0 Å². The molecule has 1 aromatic carbocycles. The average Bonchev–Trinajstić information content (AvgIpc) is 2.71. The fraction of sp³-hybridized carbons (Fsp3) is 0.231. The molecule has 21 heavy (non-hydrogen) atoms. The Bertz CT molecular complexity index is 893. The topological polar surface area (TPSA) is 89.0 Å². The number of nitrogens with one attached hydrogen (secondary N) is 1. The third-order valence-corrected chi connectivity index (χ3v) is 4.92. The molecule has 0 bridgehead atoms. The Labute approximate surface area is 126 Å². The molecule has 1 aromatic heterocycles. The van der Waals surface area contributed by atoms with Gasteiger partial charge in [0.05, 0.1) is 9.92 Å². The van der Waals surface area contributed by atoms with Crippen molar-refractivity contribution in [2.45, 2.75) is 11.8 Å². The molecule has 0 radical (unpaired) electrons. The van der Waals surface area contributed by atoms with Gasteiger partial charge in [-0.25, -0.2) is 8.42 Å². The normalized spacial score (nSPS) is 11.6. The summed E-state index contributed by atoms with van der Waals surface area (Å²) in [4.78, 5) is 24.1. The van der Waals surface area contributed by atoms with Crippen molar-refractivity contribution >= 4 is 27.2 Å². The summed E-state index contributed by atoms with van der Waals surface area (Å²) in [6.07, 6.45) is 2.35. The Morgan fingerprint density at radius 3 is 2.38 bits per heavy atom. The van der Waals surface area contributed by atoms with Crippen LogP contribution in [0.4, 0.5) is 0 Å². The first-order valence-corrected chi connectivity index (χ1v) is 8.19. The zero-order chi connectivity index (χ0) is 15.9. The van der Waals surface area contributed by atoms with Crippen molar-refractivity contribution in [3.8, 4) is 0 Å². The number of carbonyl (C=O) groups is 1. The number of hydrogen-bond donors (Lipinski definition) is 1. The number of ketones is 1. The van der Waals surface area contributed by atoms with E-state index in [0.29, 0.717) is 5.56 Å². The van der Waals surface area contributed by atoms with Gasteiger partial charge in [-0.05, 0) is 24.6 Å². The first-order valence-electron chi connectivity index (χ1n) is 5.93. The van der Waals surface area contributed by atoms with E-state index in [1.165, 1.54) is 30.1 Å². The minimum absolute atomic E-state index is 0.00397. The van der Waals surface area contributed by atoms with Crippen molar-refractivity contribution in [3.63, 3.8) is 0 Å². The second kappa shape index (κ2) is 5.16. The molecule has 0 fully saturated rings. The summed E-state index contributed by atoms with van der Waals surface area (Å²) in [6, 6.07) is 2.64. The van der Waals surface area contributed by atoms with E-state index in [2.05, 4.69) is 5.10 Å². The SMILES string of the molecule is Cc1c(C(=O)c2c[nH]n(C)c2=O)ccc(S(C)(=O)=O)c1Cl. The second-order valence-corrected chi connectivity index (χ2v) is 7.06. The number of aryl methyl sites for hydroxylation is 1. The van der Waals surface area contributed by atoms with E-state index in [-0.39, 0.29) is 21.0 Å². The smallest absolute Gasteiger partial charge is 0.277 e. The Morgan fingerprint density at radius 1 is 1.29 bits per heavy atom. The molecule has 0 saturated heterocycles. The van der Waals surface area contributed by atoms with Crippen molar-refractivity contribution in [1.82, 2.24) is 9.78 Å². The van der Waals surface area contributed by atoms with Crippen molar-refractivity contribution in [1.29, 1.82) is 0 Å². The quantitative estimate of drug-likeness (QED) is 0.860. The van der Waals surface area contributed by atoms with Gasteiger partial charge in [0, 0.05) is 25.1 Å². The van der Waals surface area contributed by atoms with Gasteiger partial charge in [-0.15, -0.1) is 0 Å². The highest BCUT2D eigenvalue weighted by Crippen LogP contribution is 2.28. The van der Waals surface area contributed by atoms with E-state index in [1.54, 1.807) is 6.92 Å². The fourth-order valence-corrected chi connectivity index (χ4v) is 3.34. The van der Waals surface area contributed by atoms with Crippen molar-refractivity contribution in [3.05, 3.63) is 50.4 Å². The van der Waals surface area contributed by atoms with Gasteiger partial charge in [0.2, 0.25) is 0 Å². The molecule has 0 aliphatic carbocycles. The first kappa shape index (κ1) is 15.5. The summed E-state index contributed by atoms with van der Waals surface area (Å²) < 4.78 is 24.3. The maximum Gasteiger partial charge on any atom is 0.277 e. The highest BCUT2D eigenvalue weighted by molar-refractivity contribution is 7.90. The summed E-state index contributed by atoms with van der Waals surface area (Å²) in [5, 5.41) is 2.61. The molecule has 0 aliphatic heterocycles. The molecule has 0 saturated carbocycles. The highest BCUT2D eigenvalue weighted by Gasteiger charge is 2.22. The predicted molar refractivity (Wildman–Crippen MR) is 78.8 cm³/mol. The predicted octanol–water partition coefficient (Wildman–Crippen LogP) is 1.31. The third-order valence-electron chi connectivity index (χ3n) is 3.18. The zero-order valence-corrected chi connectivity index (χ0v) is 13.2. The van der Waals surface area contributed by atoms with Crippen LogP contribution in [-0.2, 0) is 16.9 Å². The minimum atomic E-state index is -3.48. The van der Waals surface area contributed by atoms with Crippen LogP contribution in [0.15, 0.2) is 28.0 Å². The number of aromatic nitrogens is 2. The van der Waals surface area contributed by atoms with Crippen LogP contribution in [-0.4, -0.2) is 30.2 Å². The Morgan fingerprint density at radius 2 is 1.90 bits per heavy atom. The number of benzene rings is 1. The molecule has 0 unspecified atom stereocenters. The first-order chi connectivity index (χ1) is 9.64. The van der Waals surface area contributed by atoms with Gasteiger partial charge in [0.25, 0.3) is 5.56 Å². The summed E-state index contributed by atoms with van der Waals surface area (Å²) in [6.45, 7) is 1.54. The molecule has 0 spiro atoms. The van der Waals surface area contributed by atoms with Gasteiger partial charge in [-0.3, -0.25) is 14.3 Å². The molecule has 0 atom stereocenters. The van der Waals surface area contributed by atoms with E-state index in [4.69, 9.17) is 11.6 Å². The molecular formula is C13H13ClN2O4S. The molecule has 1 N–H and O–H groups in total. The van der Waals surface area contributed by atoms with Gasteiger partial charge in [-0.1, -0.05) is 11.6 Å². The minimum Gasteiger partial charge on any atom is -0.302 e. The van der Waals surface area contributed by atoms with Gasteiger partial charge in [0.15, 0.2) is 15.6 Å². The van der Waals surface area contributed by atoms with Gasteiger partial charge in [0.1, 0.15) is 5.56 Å². The maximum absolute atomic E-state index is 12.4. The molecule has 2 aromatic rings. The summed E-state index contributed by atoms with van der Waals surface area (Å²) in [5.74, 6) is -0.503. The van der Waals surface area contributed by atoms with Crippen LogP contribution in [0, 0.1) is 6.92 Å². The number of sulfone groups is 1. The molecule has 1 heterocycles. The summed E-state index contributed by atoms with van der Waals surface area (Å²) in [5.41, 5.74) is 0.0448. The Hall–Kier alpha value is -1.86. The molecular weight excluding hydrogens is 316 g/mol. The number of halogens is 1. The summed E-state index contributed by atoms with van der Waals surface area (Å²) in [7, 11) is -1.99. The number of H-pyrrole nitrogens is 1. The van der Waals surface area contributed by atoms with Crippen LogP contribution in [0.3, 0.4) is 0 Å². The standard InChI is InChI=1S/C13H13ClN2O4S/c1-7-8(4-5-10(11(7)14)21(3,19)20)12(17)9-6-15-16(2)13(9)18/h4-6,15H,1-3H3. The van der Waals surface area contributed by atoms with Crippen LogP contribution in [0.1, 0.15) is 21.5 Å².